The van der Waals surface area contributed by atoms with Crippen LogP contribution in [-0.2, 0) is 32.3 Å². The number of ether oxygens (including phenoxy) is 1. The van der Waals surface area contributed by atoms with Crippen LogP contribution in [0.25, 0.3) is 0 Å². The van der Waals surface area contributed by atoms with Crippen LogP contribution >= 0.6 is 0 Å². The van der Waals surface area contributed by atoms with Crippen LogP contribution in [0.1, 0.15) is 37.3 Å². The molecule has 2 heterocycles. The van der Waals surface area contributed by atoms with Crippen molar-refractivity contribution in [2.75, 3.05) is 25.0 Å². The van der Waals surface area contributed by atoms with Gasteiger partial charge >= 0.3 is 6.09 Å². The number of rotatable bonds is 6. The zero-order valence-electron chi connectivity index (χ0n) is 18.4. The number of amides is 2. The molecule has 170 valence electrons. The summed E-state index contributed by atoms with van der Waals surface area (Å²) < 4.78 is 5.56. The maximum absolute atomic E-state index is 12.7. The SMILES string of the molecule is CCC(=O)Nc1ccc(CC2CN(C(=O)OCc3ccccc3)CCC23CCOO3)cc1. The quantitative estimate of drug-likeness (QED) is 0.680. The summed E-state index contributed by atoms with van der Waals surface area (Å²) in [4.78, 5) is 37.2. The molecule has 0 radical (unpaired) electrons. The fourth-order valence-electron chi connectivity index (χ4n) is 4.39. The lowest BCUT2D eigenvalue weighted by atomic mass is 9.76. The van der Waals surface area contributed by atoms with E-state index in [2.05, 4.69) is 5.32 Å². The summed E-state index contributed by atoms with van der Waals surface area (Å²) in [5.41, 5.74) is 2.49. The number of likely N-dealkylation sites (tertiary alicyclic amines) is 1. The first kappa shape index (κ1) is 22.3. The summed E-state index contributed by atoms with van der Waals surface area (Å²) in [6.07, 6.45) is 2.41. The zero-order chi connectivity index (χ0) is 22.4. The van der Waals surface area contributed by atoms with E-state index in [1.165, 1.54) is 0 Å². The molecule has 0 bridgehead atoms. The van der Waals surface area contributed by atoms with E-state index in [0.29, 0.717) is 32.5 Å². The summed E-state index contributed by atoms with van der Waals surface area (Å²) in [5, 5.41) is 2.87. The molecule has 0 aliphatic carbocycles. The molecule has 2 fully saturated rings. The van der Waals surface area contributed by atoms with E-state index in [1.807, 2.05) is 61.5 Å². The van der Waals surface area contributed by atoms with Gasteiger partial charge in [-0.3, -0.25) is 4.79 Å². The van der Waals surface area contributed by atoms with Crippen molar-refractivity contribution in [3.05, 3.63) is 65.7 Å². The number of hydrogen-bond acceptors (Lipinski definition) is 5. The summed E-state index contributed by atoms with van der Waals surface area (Å²) >= 11 is 0. The normalized spacial score (nSPS) is 22.7. The van der Waals surface area contributed by atoms with Crippen LogP contribution in [0.4, 0.5) is 10.5 Å². The lowest BCUT2D eigenvalue weighted by Gasteiger charge is -2.43. The molecular weight excluding hydrogens is 408 g/mol. The average Bonchev–Trinajstić information content (AvgIpc) is 3.30. The maximum Gasteiger partial charge on any atom is 0.410 e. The molecule has 2 amide bonds. The van der Waals surface area contributed by atoms with E-state index in [-0.39, 0.29) is 30.1 Å². The minimum Gasteiger partial charge on any atom is -0.445 e. The molecule has 2 atom stereocenters. The number of hydrogen-bond donors (Lipinski definition) is 1. The lowest BCUT2D eigenvalue weighted by molar-refractivity contribution is -0.327. The molecule has 2 aliphatic rings. The first-order valence-corrected chi connectivity index (χ1v) is 11.2. The highest BCUT2D eigenvalue weighted by molar-refractivity contribution is 5.90. The Morgan fingerprint density at radius 3 is 2.56 bits per heavy atom. The number of piperidine rings is 1. The van der Waals surface area contributed by atoms with E-state index < -0.39 is 0 Å². The van der Waals surface area contributed by atoms with Crippen molar-refractivity contribution >= 4 is 17.7 Å². The molecule has 2 aromatic rings. The number of benzene rings is 2. The molecule has 0 saturated carbocycles. The first-order chi connectivity index (χ1) is 15.6. The van der Waals surface area contributed by atoms with E-state index in [0.717, 1.165) is 29.7 Å². The zero-order valence-corrected chi connectivity index (χ0v) is 18.4. The topological polar surface area (TPSA) is 77.1 Å². The van der Waals surface area contributed by atoms with E-state index >= 15 is 0 Å². The van der Waals surface area contributed by atoms with Crippen LogP contribution < -0.4 is 5.32 Å². The van der Waals surface area contributed by atoms with Crippen molar-refractivity contribution in [2.24, 2.45) is 5.92 Å². The molecule has 2 unspecified atom stereocenters. The standard InChI is InChI=1S/C25H30N2O5/c1-2-23(28)26-22-10-8-19(9-11-22)16-21-17-27(14-12-25(21)13-15-31-32-25)24(29)30-18-20-6-4-3-5-7-20/h3-11,21H,2,12-18H2,1H3,(H,26,28). The Morgan fingerprint density at radius 2 is 1.88 bits per heavy atom. The van der Waals surface area contributed by atoms with Gasteiger partial charge in [0.1, 0.15) is 12.2 Å². The number of anilines is 1. The molecule has 1 N–H and O–H groups in total. The average molecular weight is 439 g/mol. The fourth-order valence-corrected chi connectivity index (χ4v) is 4.39. The van der Waals surface area contributed by atoms with Gasteiger partial charge in [0.15, 0.2) is 0 Å². The molecule has 0 aromatic heterocycles. The van der Waals surface area contributed by atoms with Gasteiger partial charge in [-0.05, 0) is 36.1 Å². The van der Waals surface area contributed by atoms with Crippen LogP contribution in [0.5, 0.6) is 0 Å². The molecule has 2 saturated heterocycles. The van der Waals surface area contributed by atoms with Gasteiger partial charge in [0.25, 0.3) is 0 Å². The fraction of sp³-hybridized carbons (Fsp3) is 0.440. The van der Waals surface area contributed by atoms with Gasteiger partial charge in [0, 0.05) is 37.5 Å². The van der Waals surface area contributed by atoms with Crippen LogP contribution in [-0.4, -0.2) is 42.2 Å². The molecule has 2 aliphatic heterocycles. The van der Waals surface area contributed by atoms with Crippen molar-refractivity contribution < 1.29 is 24.1 Å². The Balaban J connectivity index is 1.41. The summed E-state index contributed by atoms with van der Waals surface area (Å²) in [6, 6.07) is 17.5. The van der Waals surface area contributed by atoms with Gasteiger partial charge < -0.3 is 15.0 Å². The third-order valence-electron chi connectivity index (χ3n) is 6.33. The van der Waals surface area contributed by atoms with Gasteiger partial charge in [0.05, 0.1) is 6.61 Å². The number of carbonyl (C=O) groups excluding carboxylic acids is 2. The molecular formula is C25H30N2O5. The first-order valence-electron chi connectivity index (χ1n) is 11.2. The minimum absolute atomic E-state index is 0.00913. The second-order valence-corrected chi connectivity index (χ2v) is 8.46. The molecule has 7 nitrogen and oxygen atoms in total. The molecule has 32 heavy (non-hydrogen) atoms. The van der Waals surface area contributed by atoms with Gasteiger partial charge in [-0.1, -0.05) is 49.4 Å². The van der Waals surface area contributed by atoms with E-state index in [4.69, 9.17) is 14.5 Å². The predicted octanol–water partition coefficient (Wildman–Crippen LogP) is 4.33. The van der Waals surface area contributed by atoms with Crippen LogP contribution in [0.15, 0.2) is 54.6 Å². The van der Waals surface area contributed by atoms with E-state index in [9.17, 15) is 9.59 Å². The van der Waals surface area contributed by atoms with Crippen LogP contribution in [0.3, 0.4) is 0 Å². The van der Waals surface area contributed by atoms with Crippen LogP contribution in [0.2, 0.25) is 0 Å². The second-order valence-electron chi connectivity index (χ2n) is 8.46. The number of nitrogens with one attached hydrogen (secondary N) is 1. The maximum atomic E-state index is 12.7. The van der Waals surface area contributed by atoms with Crippen molar-refractivity contribution in [2.45, 2.75) is 44.8 Å². The Hall–Kier alpha value is -2.90. The second kappa shape index (κ2) is 10.1. The van der Waals surface area contributed by atoms with Crippen molar-refractivity contribution in [1.29, 1.82) is 0 Å². The van der Waals surface area contributed by atoms with Crippen molar-refractivity contribution in [3.63, 3.8) is 0 Å². The molecule has 1 spiro atoms. The van der Waals surface area contributed by atoms with Crippen LogP contribution in [0, 0.1) is 5.92 Å². The van der Waals surface area contributed by atoms with Crippen molar-refractivity contribution in [3.8, 4) is 0 Å². The van der Waals surface area contributed by atoms with Gasteiger partial charge in [-0.2, -0.15) is 0 Å². The Morgan fingerprint density at radius 1 is 1.09 bits per heavy atom. The highest BCUT2D eigenvalue weighted by Gasteiger charge is 2.49. The number of nitrogens with zero attached hydrogens (tertiary/aromatic N) is 1. The third kappa shape index (κ3) is 5.29. The minimum atomic E-state index is -0.384. The third-order valence-corrected chi connectivity index (χ3v) is 6.33. The highest BCUT2D eigenvalue weighted by atomic mass is 17.2. The van der Waals surface area contributed by atoms with Gasteiger partial charge in [-0.25, -0.2) is 14.6 Å². The molecule has 4 rings (SSSR count). The Bertz CT molecular complexity index is 910. The summed E-state index contributed by atoms with van der Waals surface area (Å²) in [6.45, 7) is 3.78. The van der Waals surface area contributed by atoms with E-state index in [1.54, 1.807) is 4.90 Å². The van der Waals surface area contributed by atoms with Crippen molar-refractivity contribution in [1.82, 2.24) is 4.90 Å². The molecule has 2 aromatic carbocycles. The van der Waals surface area contributed by atoms with Gasteiger partial charge in [-0.15, -0.1) is 0 Å². The largest absolute Gasteiger partial charge is 0.445 e. The Labute approximate surface area is 188 Å². The number of carbonyl (C=O) groups is 2. The monoisotopic (exact) mass is 438 g/mol. The summed E-state index contributed by atoms with van der Waals surface area (Å²) in [7, 11) is 0. The predicted molar refractivity (Wildman–Crippen MR) is 120 cm³/mol. The highest BCUT2D eigenvalue weighted by Crippen LogP contribution is 2.40. The summed E-state index contributed by atoms with van der Waals surface area (Å²) in [5.74, 6) is 0.0734. The van der Waals surface area contributed by atoms with Gasteiger partial charge in [0.2, 0.25) is 5.91 Å². The Kier molecular flexibility index (Phi) is 7.07. The molecule has 7 heteroatoms. The smallest absolute Gasteiger partial charge is 0.410 e. The lowest BCUT2D eigenvalue weighted by Crippen LogP contribution is -2.54.